The van der Waals surface area contributed by atoms with Crippen LogP contribution < -0.4 is 4.74 Å². The van der Waals surface area contributed by atoms with Crippen LogP contribution in [0.4, 0.5) is 0 Å². The lowest BCUT2D eigenvalue weighted by Crippen LogP contribution is -2.60. The number of aryl methyl sites for hydroxylation is 2. The standard InChI is InChI=1S/C25H32O8/c26-15-21-22(29)23(30)24(31)25(33-21)32-20-13-8-16(9-14-20)3-1-2-4-18(27)10-5-17-6-11-19(28)12-7-17/h6-9,11-14,21-26,28-31H,1-5,10,15H2. The molecule has 2 aromatic rings. The topological polar surface area (TPSA) is 137 Å². The first-order valence-corrected chi connectivity index (χ1v) is 11.2. The molecular formula is C25H32O8. The average Bonchev–Trinajstić information content (AvgIpc) is 2.82. The summed E-state index contributed by atoms with van der Waals surface area (Å²) in [6.07, 6.45) is -2.39. The quantitative estimate of drug-likeness (QED) is 0.318. The number of carbonyl (C=O) groups is 1. The molecule has 0 aliphatic carbocycles. The maximum absolute atomic E-state index is 12.1. The van der Waals surface area contributed by atoms with Crippen LogP contribution in [-0.4, -0.2) is 68.6 Å². The van der Waals surface area contributed by atoms with Gasteiger partial charge >= 0.3 is 0 Å². The summed E-state index contributed by atoms with van der Waals surface area (Å²) in [7, 11) is 0. The van der Waals surface area contributed by atoms with E-state index in [0.717, 1.165) is 30.4 Å². The van der Waals surface area contributed by atoms with Gasteiger partial charge in [0.25, 0.3) is 0 Å². The largest absolute Gasteiger partial charge is 0.508 e. The van der Waals surface area contributed by atoms with Crippen LogP contribution in [0.2, 0.25) is 0 Å². The third-order valence-electron chi connectivity index (χ3n) is 5.82. The highest BCUT2D eigenvalue weighted by atomic mass is 16.7. The number of hydrogen-bond acceptors (Lipinski definition) is 8. The minimum atomic E-state index is -1.48. The van der Waals surface area contributed by atoms with E-state index in [4.69, 9.17) is 9.47 Å². The first-order valence-electron chi connectivity index (χ1n) is 11.2. The van der Waals surface area contributed by atoms with Gasteiger partial charge < -0.3 is 35.0 Å². The van der Waals surface area contributed by atoms with Crippen LogP contribution in [0.5, 0.6) is 11.5 Å². The zero-order chi connectivity index (χ0) is 23.8. The van der Waals surface area contributed by atoms with E-state index in [0.29, 0.717) is 25.0 Å². The Morgan fingerprint density at radius 1 is 0.818 bits per heavy atom. The van der Waals surface area contributed by atoms with Gasteiger partial charge in [-0.05, 0) is 61.1 Å². The number of ketones is 1. The van der Waals surface area contributed by atoms with Gasteiger partial charge in [0.05, 0.1) is 6.61 Å². The Hall–Kier alpha value is -2.49. The predicted molar refractivity (Wildman–Crippen MR) is 120 cm³/mol. The molecule has 5 N–H and O–H groups in total. The molecule has 1 heterocycles. The number of phenols is 1. The molecule has 33 heavy (non-hydrogen) atoms. The lowest BCUT2D eigenvalue weighted by atomic mass is 9.99. The van der Waals surface area contributed by atoms with E-state index in [1.165, 1.54) is 0 Å². The van der Waals surface area contributed by atoms with Crippen molar-refractivity contribution in [3.05, 3.63) is 59.7 Å². The molecule has 1 saturated heterocycles. The van der Waals surface area contributed by atoms with Crippen molar-refractivity contribution in [2.75, 3.05) is 6.61 Å². The molecule has 0 spiro atoms. The first-order chi connectivity index (χ1) is 15.9. The van der Waals surface area contributed by atoms with E-state index in [-0.39, 0.29) is 11.5 Å². The maximum Gasteiger partial charge on any atom is 0.229 e. The van der Waals surface area contributed by atoms with Crippen molar-refractivity contribution < 1.29 is 39.8 Å². The predicted octanol–water partition coefficient (Wildman–Crippen LogP) is 1.49. The summed E-state index contributed by atoms with van der Waals surface area (Å²) in [6, 6.07) is 14.1. The van der Waals surface area contributed by atoms with Gasteiger partial charge in [-0.3, -0.25) is 4.79 Å². The SMILES string of the molecule is O=C(CCCCc1ccc(OC2OC(CO)C(O)C(O)C2O)cc1)CCc1ccc(O)cc1. The van der Waals surface area contributed by atoms with Gasteiger partial charge in [0, 0.05) is 12.8 Å². The lowest BCUT2D eigenvalue weighted by Gasteiger charge is -2.39. The van der Waals surface area contributed by atoms with Crippen molar-refractivity contribution in [2.24, 2.45) is 0 Å². The van der Waals surface area contributed by atoms with E-state index in [1.807, 2.05) is 24.3 Å². The summed E-state index contributed by atoms with van der Waals surface area (Å²) in [5, 5.41) is 48.3. The monoisotopic (exact) mass is 460 g/mol. The van der Waals surface area contributed by atoms with Gasteiger partial charge in [0.1, 0.15) is 41.7 Å². The Morgan fingerprint density at radius 3 is 2.12 bits per heavy atom. The van der Waals surface area contributed by atoms with Crippen LogP contribution in [0.25, 0.3) is 0 Å². The second-order valence-electron chi connectivity index (χ2n) is 8.37. The Morgan fingerprint density at radius 2 is 1.45 bits per heavy atom. The fourth-order valence-corrected chi connectivity index (χ4v) is 3.76. The second-order valence-corrected chi connectivity index (χ2v) is 8.37. The summed E-state index contributed by atoms with van der Waals surface area (Å²) in [4.78, 5) is 12.1. The Bertz CT molecular complexity index is 865. The number of aromatic hydroxyl groups is 1. The summed E-state index contributed by atoms with van der Waals surface area (Å²) in [5.41, 5.74) is 2.11. The van der Waals surface area contributed by atoms with Crippen molar-refractivity contribution in [1.29, 1.82) is 0 Å². The molecule has 5 atom stereocenters. The highest BCUT2D eigenvalue weighted by Crippen LogP contribution is 2.25. The van der Waals surface area contributed by atoms with Crippen LogP contribution in [0, 0.1) is 0 Å². The van der Waals surface area contributed by atoms with Gasteiger partial charge in [-0.2, -0.15) is 0 Å². The number of hydrogen-bond donors (Lipinski definition) is 5. The number of aliphatic hydroxyl groups is 4. The molecule has 3 rings (SSSR count). The fourth-order valence-electron chi connectivity index (χ4n) is 3.76. The molecular weight excluding hydrogens is 428 g/mol. The molecule has 1 aliphatic heterocycles. The highest BCUT2D eigenvalue weighted by molar-refractivity contribution is 5.78. The van der Waals surface area contributed by atoms with Gasteiger partial charge in [-0.15, -0.1) is 0 Å². The number of unbranched alkanes of at least 4 members (excludes halogenated alkanes) is 1. The van der Waals surface area contributed by atoms with Crippen LogP contribution >= 0.6 is 0 Å². The molecule has 8 nitrogen and oxygen atoms in total. The molecule has 180 valence electrons. The minimum absolute atomic E-state index is 0.221. The molecule has 1 aliphatic rings. The first kappa shape index (κ1) is 25.1. The zero-order valence-corrected chi connectivity index (χ0v) is 18.4. The average molecular weight is 461 g/mol. The van der Waals surface area contributed by atoms with E-state index in [2.05, 4.69) is 0 Å². The van der Waals surface area contributed by atoms with E-state index >= 15 is 0 Å². The van der Waals surface area contributed by atoms with Crippen LogP contribution in [0.3, 0.4) is 0 Å². The molecule has 8 heteroatoms. The number of ether oxygens (including phenoxy) is 2. The zero-order valence-electron chi connectivity index (χ0n) is 18.4. The van der Waals surface area contributed by atoms with Crippen LogP contribution in [-0.2, 0) is 22.4 Å². The van der Waals surface area contributed by atoms with Gasteiger partial charge in [-0.25, -0.2) is 0 Å². The summed E-state index contributed by atoms with van der Waals surface area (Å²) in [6.45, 7) is -0.511. The van der Waals surface area contributed by atoms with Crippen molar-refractivity contribution in [3.8, 4) is 11.5 Å². The number of carbonyl (C=O) groups excluding carboxylic acids is 1. The fraction of sp³-hybridized carbons (Fsp3) is 0.480. The lowest BCUT2D eigenvalue weighted by molar-refractivity contribution is -0.277. The molecule has 1 fully saturated rings. The third-order valence-corrected chi connectivity index (χ3v) is 5.82. The molecule has 0 aromatic heterocycles. The highest BCUT2D eigenvalue weighted by Gasteiger charge is 2.44. The molecule has 0 bridgehead atoms. The molecule has 2 aromatic carbocycles. The van der Waals surface area contributed by atoms with Gasteiger partial charge in [0.2, 0.25) is 6.29 Å². The van der Waals surface area contributed by atoms with E-state index < -0.39 is 37.3 Å². The van der Waals surface area contributed by atoms with Crippen molar-refractivity contribution in [3.63, 3.8) is 0 Å². The molecule has 0 saturated carbocycles. The summed E-state index contributed by atoms with van der Waals surface area (Å²) in [5.74, 6) is 0.873. The van der Waals surface area contributed by atoms with Crippen molar-refractivity contribution >= 4 is 5.78 Å². The molecule has 5 unspecified atom stereocenters. The Labute approximate surface area is 193 Å². The summed E-state index contributed by atoms with van der Waals surface area (Å²) < 4.78 is 10.9. The smallest absolute Gasteiger partial charge is 0.229 e. The molecule has 0 radical (unpaired) electrons. The van der Waals surface area contributed by atoms with Gasteiger partial charge in [-0.1, -0.05) is 24.3 Å². The number of rotatable bonds is 11. The number of Topliss-reactive ketones (excluding diaryl/α,β-unsaturated/α-hetero) is 1. The molecule has 0 amide bonds. The van der Waals surface area contributed by atoms with Crippen LogP contribution in [0.1, 0.15) is 36.8 Å². The third kappa shape index (κ3) is 7.25. The summed E-state index contributed by atoms with van der Waals surface area (Å²) >= 11 is 0. The minimum Gasteiger partial charge on any atom is -0.508 e. The van der Waals surface area contributed by atoms with Gasteiger partial charge in [0.15, 0.2) is 0 Å². The maximum atomic E-state index is 12.1. The Kier molecular flexibility index (Phi) is 9.22. The van der Waals surface area contributed by atoms with E-state index in [1.54, 1.807) is 24.3 Å². The number of benzene rings is 2. The van der Waals surface area contributed by atoms with Crippen molar-refractivity contribution in [2.45, 2.75) is 69.2 Å². The van der Waals surface area contributed by atoms with Crippen molar-refractivity contribution in [1.82, 2.24) is 0 Å². The van der Waals surface area contributed by atoms with E-state index in [9.17, 15) is 30.3 Å². The number of phenolic OH excluding ortho intramolecular Hbond substituents is 1. The number of aliphatic hydroxyl groups excluding tert-OH is 4. The normalized spacial score (nSPS) is 25.0. The second kappa shape index (κ2) is 12.1. The Balaban J connectivity index is 1.37. The van der Waals surface area contributed by atoms with Crippen LogP contribution in [0.15, 0.2) is 48.5 Å².